The average molecular weight is 596 g/mol. The van der Waals surface area contributed by atoms with Gasteiger partial charge in [0.2, 0.25) is 17.7 Å². The summed E-state index contributed by atoms with van der Waals surface area (Å²) in [4.78, 5) is 57.4. The van der Waals surface area contributed by atoms with Crippen molar-refractivity contribution in [3.63, 3.8) is 0 Å². The zero-order chi connectivity index (χ0) is 31.0. The number of unbranched alkanes of at least 4 members (excludes halogenated alkanes) is 2. The van der Waals surface area contributed by atoms with Crippen molar-refractivity contribution in [2.75, 3.05) is 26.2 Å². The number of esters is 1. The monoisotopic (exact) mass is 595 g/mol. The highest BCUT2D eigenvalue weighted by Gasteiger charge is 2.75. The van der Waals surface area contributed by atoms with Crippen LogP contribution in [0.15, 0.2) is 55.6 Å². The number of ether oxygens (including phenoxy) is 2. The predicted octanol–water partition coefficient (Wildman–Crippen LogP) is 2.75. The van der Waals surface area contributed by atoms with Gasteiger partial charge in [0, 0.05) is 32.7 Å². The van der Waals surface area contributed by atoms with Crippen LogP contribution in [0.2, 0.25) is 0 Å². The fraction of sp³-hybridized carbons (Fsp3) is 0.576. The molecule has 10 heteroatoms. The van der Waals surface area contributed by atoms with Crippen molar-refractivity contribution in [3.05, 3.63) is 61.2 Å². The number of nitrogens with zero attached hydrogens (tertiary/aromatic N) is 2. The maximum atomic E-state index is 14.4. The van der Waals surface area contributed by atoms with Gasteiger partial charge in [-0.15, -0.1) is 13.2 Å². The van der Waals surface area contributed by atoms with Crippen LogP contribution in [0.4, 0.5) is 0 Å². The molecule has 0 unspecified atom stereocenters. The zero-order valence-electron chi connectivity index (χ0n) is 25.1. The molecule has 1 aromatic rings. The number of fused-ring (bicyclic) bond motifs is 1. The van der Waals surface area contributed by atoms with Crippen molar-refractivity contribution in [2.45, 2.75) is 82.3 Å². The van der Waals surface area contributed by atoms with Gasteiger partial charge in [0.05, 0.1) is 24.5 Å². The zero-order valence-corrected chi connectivity index (χ0v) is 25.1. The summed E-state index contributed by atoms with van der Waals surface area (Å²) < 4.78 is 12.3. The van der Waals surface area contributed by atoms with Gasteiger partial charge in [0.1, 0.15) is 17.7 Å². The van der Waals surface area contributed by atoms with Crippen molar-refractivity contribution < 1.29 is 33.8 Å². The molecule has 2 bridgehead atoms. The Kier molecular flexibility index (Phi) is 11.2. The topological polar surface area (TPSA) is 125 Å². The van der Waals surface area contributed by atoms with E-state index in [2.05, 4.69) is 18.5 Å². The number of amides is 3. The van der Waals surface area contributed by atoms with Crippen LogP contribution in [-0.2, 0) is 35.2 Å². The number of carbonyl (C=O) groups is 4. The Hall–Kier alpha value is -3.50. The Bertz CT molecular complexity index is 1170. The van der Waals surface area contributed by atoms with E-state index in [-0.39, 0.29) is 30.9 Å². The molecule has 3 aliphatic rings. The van der Waals surface area contributed by atoms with Crippen LogP contribution in [0, 0.1) is 11.8 Å². The van der Waals surface area contributed by atoms with Crippen molar-refractivity contribution in [1.29, 1.82) is 0 Å². The van der Waals surface area contributed by atoms with Crippen LogP contribution in [0.1, 0.15) is 57.4 Å². The SMILES string of the molecule is C=CCCC(=O)NC[C@@H](C)OC(=O)[C@@H]1[C@H]2C(=O)N(CCCCCO)[C@H](C(=O)N(CC=C)Cc3ccccc3)[C@]23CC[C@H]1O3. The molecule has 3 aliphatic heterocycles. The van der Waals surface area contributed by atoms with Crippen LogP contribution < -0.4 is 5.32 Å². The van der Waals surface area contributed by atoms with E-state index in [9.17, 15) is 24.3 Å². The number of benzene rings is 1. The molecule has 0 aliphatic carbocycles. The second kappa shape index (κ2) is 14.8. The first-order chi connectivity index (χ1) is 20.8. The van der Waals surface area contributed by atoms with Crippen molar-refractivity contribution >= 4 is 23.7 Å². The van der Waals surface area contributed by atoms with Gasteiger partial charge in [-0.1, -0.05) is 42.5 Å². The van der Waals surface area contributed by atoms with Gasteiger partial charge >= 0.3 is 5.97 Å². The summed E-state index contributed by atoms with van der Waals surface area (Å²) in [7, 11) is 0. The standard InChI is InChI=1S/C33H45N3O7/c1-4-6-15-26(38)34-21-23(3)42-32(41)27-25-16-17-33(43-25)28(27)30(39)36(19-11-8-12-20-37)29(33)31(40)35(18-5-2)22-24-13-9-7-10-14-24/h4-5,7,9-10,13-14,23,25,27-29,37H,1-2,6,8,11-12,15-22H2,3H3,(H,34,38)/t23-,25-,27+,28+,29-,33+/m1/s1. The normalized spacial score (nSPS) is 26.1. The van der Waals surface area contributed by atoms with E-state index >= 15 is 0 Å². The summed E-state index contributed by atoms with van der Waals surface area (Å²) in [6, 6.07) is 8.76. The summed E-state index contributed by atoms with van der Waals surface area (Å²) in [6.07, 6.45) is 6.00. The van der Waals surface area contributed by atoms with Crippen LogP contribution in [0.25, 0.3) is 0 Å². The van der Waals surface area contributed by atoms with E-state index in [1.165, 1.54) is 0 Å². The Morgan fingerprint density at radius 2 is 1.98 bits per heavy atom. The highest BCUT2D eigenvalue weighted by atomic mass is 16.6. The summed E-state index contributed by atoms with van der Waals surface area (Å²) in [5.41, 5.74) is -0.174. The molecule has 1 spiro atoms. The molecule has 0 radical (unpaired) electrons. The maximum Gasteiger partial charge on any atom is 0.312 e. The van der Waals surface area contributed by atoms with Gasteiger partial charge in [-0.05, 0) is 51.0 Å². The molecule has 3 fully saturated rings. The molecule has 1 aromatic carbocycles. The van der Waals surface area contributed by atoms with Crippen LogP contribution >= 0.6 is 0 Å². The Labute approximate surface area is 254 Å². The van der Waals surface area contributed by atoms with Crippen molar-refractivity contribution in [1.82, 2.24) is 15.1 Å². The first kappa shape index (κ1) is 32.4. The molecular formula is C33H45N3O7. The third-order valence-corrected chi connectivity index (χ3v) is 8.72. The molecule has 4 rings (SSSR count). The minimum atomic E-state index is -1.13. The smallest absolute Gasteiger partial charge is 0.312 e. The van der Waals surface area contributed by atoms with E-state index in [1.807, 2.05) is 30.3 Å². The molecule has 3 heterocycles. The van der Waals surface area contributed by atoms with E-state index in [0.717, 1.165) is 5.56 Å². The van der Waals surface area contributed by atoms with Gasteiger partial charge in [0.15, 0.2) is 0 Å². The van der Waals surface area contributed by atoms with E-state index in [0.29, 0.717) is 64.6 Å². The number of likely N-dealkylation sites (tertiary alicyclic amines) is 1. The van der Waals surface area contributed by atoms with Crippen LogP contribution in [0.5, 0.6) is 0 Å². The lowest BCUT2D eigenvalue weighted by atomic mass is 9.70. The van der Waals surface area contributed by atoms with Crippen molar-refractivity contribution in [3.8, 4) is 0 Å². The number of hydrogen-bond acceptors (Lipinski definition) is 7. The average Bonchev–Trinajstić information content (AvgIpc) is 3.64. The molecule has 2 N–H and O–H groups in total. The van der Waals surface area contributed by atoms with E-state index in [4.69, 9.17) is 9.47 Å². The maximum absolute atomic E-state index is 14.4. The molecular weight excluding hydrogens is 550 g/mol. The van der Waals surface area contributed by atoms with Crippen molar-refractivity contribution in [2.24, 2.45) is 11.8 Å². The second-order valence-corrected chi connectivity index (χ2v) is 11.7. The summed E-state index contributed by atoms with van der Waals surface area (Å²) in [5.74, 6) is -2.86. The van der Waals surface area contributed by atoms with E-state index in [1.54, 1.807) is 28.9 Å². The number of allylic oxidation sites excluding steroid dienone is 1. The number of nitrogens with one attached hydrogen (secondary N) is 1. The molecule has 10 nitrogen and oxygen atoms in total. The quantitative estimate of drug-likeness (QED) is 0.161. The number of aliphatic hydroxyl groups is 1. The molecule has 3 amide bonds. The Morgan fingerprint density at radius 3 is 2.67 bits per heavy atom. The lowest BCUT2D eigenvalue weighted by molar-refractivity contribution is -0.159. The summed E-state index contributed by atoms with van der Waals surface area (Å²) in [5, 5.41) is 12.0. The summed E-state index contributed by atoms with van der Waals surface area (Å²) in [6.45, 7) is 10.3. The molecule has 43 heavy (non-hydrogen) atoms. The molecule has 0 aromatic heterocycles. The van der Waals surface area contributed by atoms with Gasteiger partial charge in [-0.25, -0.2) is 0 Å². The molecule has 3 saturated heterocycles. The van der Waals surface area contributed by atoms with Gasteiger partial charge in [-0.2, -0.15) is 0 Å². The Morgan fingerprint density at radius 1 is 1.21 bits per heavy atom. The largest absolute Gasteiger partial charge is 0.460 e. The molecule has 234 valence electrons. The molecule has 6 atom stereocenters. The second-order valence-electron chi connectivity index (χ2n) is 11.7. The summed E-state index contributed by atoms with van der Waals surface area (Å²) >= 11 is 0. The van der Waals surface area contributed by atoms with Gasteiger partial charge in [0.25, 0.3) is 0 Å². The highest BCUT2D eigenvalue weighted by Crippen LogP contribution is 2.59. The van der Waals surface area contributed by atoms with Crippen LogP contribution in [0.3, 0.4) is 0 Å². The fourth-order valence-corrected chi connectivity index (χ4v) is 6.77. The first-order valence-corrected chi connectivity index (χ1v) is 15.4. The first-order valence-electron chi connectivity index (χ1n) is 15.4. The highest BCUT2D eigenvalue weighted by molar-refractivity contribution is 5.98. The third kappa shape index (κ3) is 7.02. The fourth-order valence-electron chi connectivity index (χ4n) is 6.77. The lowest BCUT2D eigenvalue weighted by Crippen LogP contribution is -2.56. The number of hydrogen-bond donors (Lipinski definition) is 2. The Balaban J connectivity index is 1.56. The number of carbonyl (C=O) groups excluding carboxylic acids is 4. The minimum absolute atomic E-state index is 0.0542. The van der Waals surface area contributed by atoms with Gasteiger partial charge in [-0.3, -0.25) is 19.2 Å². The third-order valence-electron chi connectivity index (χ3n) is 8.72. The van der Waals surface area contributed by atoms with Gasteiger partial charge < -0.3 is 29.7 Å². The number of rotatable bonds is 17. The van der Waals surface area contributed by atoms with E-state index < -0.39 is 41.7 Å². The number of aliphatic hydroxyl groups excluding tert-OH is 1. The minimum Gasteiger partial charge on any atom is -0.460 e. The predicted molar refractivity (Wildman–Crippen MR) is 160 cm³/mol. The van der Waals surface area contributed by atoms with Crippen LogP contribution in [-0.4, -0.2) is 88.7 Å². The molecule has 0 saturated carbocycles. The lowest BCUT2D eigenvalue weighted by Gasteiger charge is -2.37.